The summed E-state index contributed by atoms with van der Waals surface area (Å²) in [5.74, 6) is -1.12. The fourth-order valence-corrected chi connectivity index (χ4v) is 10.4. The zero-order valence-corrected chi connectivity index (χ0v) is 47.7. The second kappa shape index (κ2) is 25.5. The maximum atomic E-state index is 15.2. The van der Waals surface area contributed by atoms with Gasteiger partial charge in [0.15, 0.2) is 0 Å². The Bertz CT molecular complexity index is 2820. The number of nitrogens with one attached hydrogen (secondary N) is 3. The molecule has 3 N–H and O–H groups in total. The van der Waals surface area contributed by atoms with E-state index in [9.17, 15) is 19.2 Å². The summed E-state index contributed by atoms with van der Waals surface area (Å²) in [5, 5.41) is 10.4. The third-order valence-corrected chi connectivity index (χ3v) is 13.6. The van der Waals surface area contributed by atoms with Crippen LogP contribution in [-0.4, -0.2) is 87.2 Å². The number of aromatic nitrogens is 1. The lowest BCUT2D eigenvalue weighted by molar-refractivity contribution is -0.158. The van der Waals surface area contributed by atoms with Gasteiger partial charge in [0.25, 0.3) is 0 Å². The molecule has 1 heterocycles. The van der Waals surface area contributed by atoms with Gasteiger partial charge in [-0.1, -0.05) is 121 Å². The van der Waals surface area contributed by atoms with Crippen molar-refractivity contribution in [3.05, 3.63) is 174 Å². The molecule has 5 aromatic carbocycles. The second-order valence-corrected chi connectivity index (χ2v) is 24.5. The summed E-state index contributed by atoms with van der Waals surface area (Å²) in [7, 11) is 0. The van der Waals surface area contributed by atoms with Gasteiger partial charge in [-0.3, -0.25) is 19.0 Å². The minimum Gasteiger partial charge on any atom is -0.488 e. The van der Waals surface area contributed by atoms with Gasteiger partial charge in [-0.2, -0.15) is 0 Å². The summed E-state index contributed by atoms with van der Waals surface area (Å²) >= 11 is 1.53. The van der Waals surface area contributed by atoms with E-state index in [1.165, 1.54) is 16.3 Å². The molecule has 14 heteroatoms. The van der Waals surface area contributed by atoms with E-state index in [1.54, 1.807) is 74.6 Å². The summed E-state index contributed by atoms with van der Waals surface area (Å²) < 4.78 is 24.1. The predicted octanol–water partition coefficient (Wildman–Crippen LogP) is 11.5. The topological polar surface area (TPSA) is 163 Å². The van der Waals surface area contributed by atoms with E-state index in [-0.39, 0.29) is 43.9 Å². The number of amides is 2. The van der Waals surface area contributed by atoms with Crippen LogP contribution in [0.15, 0.2) is 146 Å². The van der Waals surface area contributed by atoms with Crippen LogP contribution < -0.4 is 20.7 Å². The van der Waals surface area contributed by atoms with Crippen LogP contribution >= 0.6 is 11.8 Å². The Hall–Kier alpha value is -6.90. The molecule has 2 amide bonds. The molecule has 0 radical (unpaired) electrons. The van der Waals surface area contributed by atoms with Crippen molar-refractivity contribution in [3.63, 3.8) is 0 Å². The quantitative estimate of drug-likeness (QED) is 0.0357. The number of para-hydroxylation sites is 1. The normalized spacial score (nSPS) is 13.5. The van der Waals surface area contributed by atoms with Gasteiger partial charge in [-0.25, -0.2) is 9.59 Å². The number of thioether (sulfide) groups is 1. The summed E-state index contributed by atoms with van der Waals surface area (Å²) in [6.07, 6.45) is 1.26. The summed E-state index contributed by atoms with van der Waals surface area (Å²) in [5.41, 5.74) is 2.16. The van der Waals surface area contributed by atoms with Gasteiger partial charge in [-0.05, 0) is 142 Å². The van der Waals surface area contributed by atoms with E-state index in [0.717, 1.165) is 22.3 Å². The van der Waals surface area contributed by atoms with Crippen molar-refractivity contribution in [2.45, 2.75) is 154 Å². The Morgan fingerprint density at radius 1 is 0.571 bits per heavy atom. The van der Waals surface area contributed by atoms with Crippen LogP contribution in [0.25, 0.3) is 10.9 Å². The van der Waals surface area contributed by atoms with Crippen LogP contribution in [-0.2, 0) is 51.0 Å². The Balaban J connectivity index is 1.34. The van der Waals surface area contributed by atoms with E-state index in [1.807, 2.05) is 118 Å². The smallest absolute Gasteiger partial charge is 0.419 e. The number of rotatable bonds is 21. The van der Waals surface area contributed by atoms with Crippen molar-refractivity contribution < 1.29 is 42.9 Å². The lowest BCUT2D eigenvalue weighted by Crippen LogP contribution is -2.55. The van der Waals surface area contributed by atoms with Gasteiger partial charge in [0.1, 0.15) is 34.2 Å². The molecule has 0 unspecified atom stereocenters. The van der Waals surface area contributed by atoms with Crippen LogP contribution in [0.5, 0.6) is 5.75 Å². The van der Waals surface area contributed by atoms with Gasteiger partial charge in [0.05, 0.1) is 22.7 Å². The average molecular weight is 1070 g/mol. The third-order valence-electron chi connectivity index (χ3n) is 11.9. The van der Waals surface area contributed by atoms with Crippen molar-refractivity contribution in [1.82, 2.24) is 20.5 Å². The molecule has 0 aliphatic rings. The van der Waals surface area contributed by atoms with E-state index in [0.29, 0.717) is 22.2 Å². The third kappa shape index (κ3) is 17.8. The molecule has 0 saturated heterocycles. The van der Waals surface area contributed by atoms with Crippen LogP contribution in [0.3, 0.4) is 0 Å². The van der Waals surface area contributed by atoms with E-state index in [4.69, 9.17) is 18.9 Å². The van der Waals surface area contributed by atoms with Crippen molar-refractivity contribution in [1.29, 1.82) is 0 Å². The fourth-order valence-electron chi connectivity index (χ4n) is 8.83. The lowest BCUT2D eigenvalue weighted by atomic mass is 9.84. The molecule has 410 valence electrons. The second-order valence-electron chi connectivity index (χ2n) is 23.3. The number of carbonyl (C=O) groups excluding carboxylic acids is 5. The first-order chi connectivity index (χ1) is 36.2. The number of hydrogen-bond donors (Lipinski definition) is 3. The summed E-state index contributed by atoms with van der Waals surface area (Å²) in [6.45, 7) is 22.1. The molecule has 0 aliphatic carbocycles. The van der Waals surface area contributed by atoms with Crippen molar-refractivity contribution in [2.24, 2.45) is 0 Å². The first kappa shape index (κ1) is 59.3. The number of hydrogen-bond acceptors (Lipinski definition) is 11. The first-order valence-corrected chi connectivity index (χ1v) is 27.4. The highest BCUT2D eigenvalue weighted by Gasteiger charge is 2.40. The van der Waals surface area contributed by atoms with Gasteiger partial charge in [0.2, 0.25) is 11.8 Å². The molecule has 3 atom stereocenters. The monoisotopic (exact) mass is 1070 g/mol. The summed E-state index contributed by atoms with van der Waals surface area (Å²) in [4.78, 5) is 70.5. The SMILES string of the molecule is CC(C)(C)OC(=O)CC[C@@H](CN[C@@H](Cc1ccc(OC(C)(C)C)cc1)C(=O)N[C@@H](CSC(c1ccccc1)(c1ccccc1)c1ccccc1)C(=O)OC(C)(C)C)NC(=O)Cc1cn(C(=O)OC(C)(C)C)c2ccccc12. The van der Waals surface area contributed by atoms with Gasteiger partial charge >= 0.3 is 18.0 Å². The number of ether oxygens (including phenoxy) is 4. The molecule has 0 fully saturated rings. The van der Waals surface area contributed by atoms with E-state index < -0.39 is 69.2 Å². The Morgan fingerprint density at radius 2 is 1.09 bits per heavy atom. The van der Waals surface area contributed by atoms with E-state index >= 15 is 4.79 Å². The number of fused-ring (bicyclic) bond motifs is 1. The zero-order valence-electron chi connectivity index (χ0n) is 46.9. The fraction of sp³-hybridized carbons (Fsp3) is 0.413. The van der Waals surface area contributed by atoms with E-state index in [2.05, 4.69) is 52.3 Å². The first-order valence-electron chi connectivity index (χ1n) is 26.4. The van der Waals surface area contributed by atoms with Crippen molar-refractivity contribution in [2.75, 3.05) is 12.3 Å². The van der Waals surface area contributed by atoms with Gasteiger partial charge in [0, 0.05) is 36.3 Å². The largest absolute Gasteiger partial charge is 0.488 e. The number of carbonyl (C=O) groups is 5. The van der Waals surface area contributed by atoms with Gasteiger partial charge in [-0.15, -0.1) is 11.8 Å². The summed E-state index contributed by atoms with van der Waals surface area (Å²) in [6, 6.07) is 42.4. The number of esters is 2. The van der Waals surface area contributed by atoms with Gasteiger partial charge < -0.3 is 34.9 Å². The molecule has 0 aliphatic heterocycles. The minimum atomic E-state index is -1.13. The molecule has 0 spiro atoms. The molecule has 77 heavy (non-hydrogen) atoms. The molecule has 0 saturated carbocycles. The Morgan fingerprint density at radius 3 is 1.61 bits per heavy atom. The molecule has 13 nitrogen and oxygen atoms in total. The van der Waals surface area contributed by atoms with Crippen molar-refractivity contribution in [3.8, 4) is 5.75 Å². The molecule has 1 aromatic heterocycles. The molecular weight excluding hydrogens is 989 g/mol. The van der Waals surface area contributed by atoms with Crippen LogP contribution in [0.4, 0.5) is 4.79 Å². The minimum absolute atomic E-state index is 0.0299. The molecule has 0 bridgehead atoms. The lowest BCUT2D eigenvalue weighted by Gasteiger charge is -2.37. The zero-order chi connectivity index (χ0) is 56.2. The molecular formula is C63H78N4O9S. The highest BCUT2D eigenvalue weighted by molar-refractivity contribution is 8.00. The number of nitrogens with zero attached hydrogens (tertiary/aromatic N) is 1. The standard InChI is InChI=1S/C63H78N4O9S/c1-59(2,3)73-49-35-32-43(33-36-49)38-51(64-40-48(34-37-55(69)74-60(4,5)6)65-54(68)39-44-41-67(58(72)76-62(10,11)12)53-31-23-22-30-50(44)53)56(70)66-52(57(71)75-61(7,8)9)42-77-63(45-24-16-13-17-25-45,46-26-18-14-19-27-46)47-28-20-15-21-29-47/h13-33,35-36,41,48,51-52,64H,34,37-40,42H2,1-12H3,(H,65,68)(H,66,70)/t48-,51-,52-/m0/s1. The predicted molar refractivity (Wildman–Crippen MR) is 306 cm³/mol. The highest BCUT2D eigenvalue weighted by Crippen LogP contribution is 2.48. The molecule has 6 rings (SSSR count). The maximum Gasteiger partial charge on any atom is 0.419 e. The average Bonchev–Trinajstić information content (AvgIpc) is 3.75. The van der Waals surface area contributed by atoms with Crippen LogP contribution in [0.2, 0.25) is 0 Å². The Kier molecular flexibility index (Phi) is 19.7. The number of benzene rings is 5. The molecule has 6 aromatic rings. The van der Waals surface area contributed by atoms with Crippen molar-refractivity contribution >= 4 is 52.5 Å². The van der Waals surface area contributed by atoms with Crippen LogP contribution in [0, 0.1) is 0 Å². The maximum absolute atomic E-state index is 15.2. The Labute approximate surface area is 459 Å². The van der Waals surface area contributed by atoms with Crippen LogP contribution in [0.1, 0.15) is 124 Å². The highest BCUT2D eigenvalue weighted by atomic mass is 32.2.